The Balaban J connectivity index is 0.000000146. The predicted molar refractivity (Wildman–Crippen MR) is 56.3 cm³/mol. The van der Waals surface area contributed by atoms with E-state index in [1.54, 1.807) is 7.11 Å². The fourth-order valence-corrected chi connectivity index (χ4v) is 1.73. The second kappa shape index (κ2) is 7.17. The average Bonchev–Trinajstić information content (AvgIpc) is 2.79. The van der Waals surface area contributed by atoms with Gasteiger partial charge in [0.15, 0.2) is 0 Å². The third kappa shape index (κ3) is 4.91. The molecule has 2 aliphatic rings. The summed E-state index contributed by atoms with van der Waals surface area (Å²) in [5, 5.41) is 15.0. The molecule has 0 saturated carbocycles. The number of rotatable bonds is 2. The van der Waals surface area contributed by atoms with Gasteiger partial charge >= 0.3 is 0 Å². The van der Waals surface area contributed by atoms with Crippen LogP contribution in [0.2, 0.25) is 0 Å². The molecule has 0 spiro atoms. The summed E-state index contributed by atoms with van der Waals surface area (Å²) in [5.41, 5.74) is 0. The van der Waals surface area contributed by atoms with E-state index >= 15 is 0 Å². The maximum absolute atomic E-state index is 8.67. The lowest BCUT2D eigenvalue weighted by Crippen LogP contribution is -2.12. The molecule has 0 aromatic rings. The zero-order chi connectivity index (χ0) is 10.2. The minimum Gasteiger partial charge on any atom is -0.392 e. The van der Waals surface area contributed by atoms with Gasteiger partial charge < -0.3 is 20.5 Å². The molecule has 0 aromatic carbocycles. The summed E-state index contributed by atoms with van der Waals surface area (Å²) in [7, 11) is 1.76. The van der Waals surface area contributed by atoms with Gasteiger partial charge in [-0.25, -0.2) is 0 Å². The Morgan fingerprint density at radius 2 is 1.93 bits per heavy atom. The van der Waals surface area contributed by atoms with Gasteiger partial charge in [-0.1, -0.05) is 0 Å². The van der Waals surface area contributed by atoms with Crippen LogP contribution in [0.15, 0.2) is 0 Å². The van der Waals surface area contributed by atoms with Crippen LogP contribution in [0.1, 0.15) is 12.8 Å². The summed E-state index contributed by atoms with van der Waals surface area (Å²) >= 11 is 0. The molecule has 2 atom stereocenters. The van der Waals surface area contributed by atoms with Crippen molar-refractivity contribution >= 4 is 0 Å². The van der Waals surface area contributed by atoms with Crippen molar-refractivity contribution in [3.8, 4) is 0 Å². The van der Waals surface area contributed by atoms with Crippen molar-refractivity contribution < 1.29 is 9.84 Å². The normalized spacial score (nSPS) is 31.3. The quantitative estimate of drug-likeness (QED) is 0.569. The standard InChI is InChI=1S/C6H13NO.C4H9NO/c1-8-5-6-2-3-7-4-6;6-4-1-2-5-3-4/h6-7H,2-5H2,1H3;4-6H,1-3H2. The molecule has 14 heavy (non-hydrogen) atoms. The number of nitrogens with one attached hydrogen (secondary N) is 2. The fourth-order valence-electron chi connectivity index (χ4n) is 1.73. The molecule has 84 valence electrons. The summed E-state index contributed by atoms with van der Waals surface area (Å²) in [6, 6.07) is 0. The Morgan fingerprint density at radius 3 is 2.29 bits per heavy atom. The molecular weight excluding hydrogens is 180 g/mol. The van der Waals surface area contributed by atoms with E-state index in [0.29, 0.717) is 0 Å². The van der Waals surface area contributed by atoms with Crippen LogP contribution in [0.4, 0.5) is 0 Å². The topological polar surface area (TPSA) is 53.5 Å². The van der Waals surface area contributed by atoms with Crippen LogP contribution in [0.25, 0.3) is 0 Å². The van der Waals surface area contributed by atoms with E-state index in [-0.39, 0.29) is 6.10 Å². The van der Waals surface area contributed by atoms with Gasteiger partial charge in [-0.15, -0.1) is 0 Å². The fraction of sp³-hybridized carbons (Fsp3) is 1.00. The monoisotopic (exact) mass is 202 g/mol. The second-order valence-electron chi connectivity index (χ2n) is 3.96. The first-order chi connectivity index (χ1) is 6.83. The highest BCUT2D eigenvalue weighted by molar-refractivity contribution is 4.69. The molecule has 4 heteroatoms. The van der Waals surface area contributed by atoms with Gasteiger partial charge in [-0.3, -0.25) is 0 Å². The SMILES string of the molecule is COCC1CCNC1.OC1CCNC1. The van der Waals surface area contributed by atoms with Crippen molar-refractivity contribution in [2.45, 2.75) is 18.9 Å². The summed E-state index contributed by atoms with van der Waals surface area (Å²) in [6.45, 7) is 5.02. The number of aliphatic hydroxyl groups excluding tert-OH is 1. The van der Waals surface area contributed by atoms with Crippen molar-refractivity contribution in [2.24, 2.45) is 5.92 Å². The molecule has 0 amide bonds. The van der Waals surface area contributed by atoms with Crippen molar-refractivity contribution in [1.29, 1.82) is 0 Å². The molecule has 2 heterocycles. The Labute approximate surface area is 86.0 Å². The predicted octanol–water partition coefficient (Wildman–Crippen LogP) is -0.417. The molecule has 3 N–H and O–H groups in total. The van der Waals surface area contributed by atoms with E-state index in [9.17, 15) is 0 Å². The first-order valence-electron chi connectivity index (χ1n) is 5.41. The Bertz CT molecular complexity index is 132. The van der Waals surface area contributed by atoms with Crippen molar-refractivity contribution in [1.82, 2.24) is 10.6 Å². The minimum atomic E-state index is -0.0648. The van der Waals surface area contributed by atoms with E-state index in [1.165, 1.54) is 13.0 Å². The summed E-state index contributed by atoms with van der Waals surface area (Å²) in [4.78, 5) is 0. The van der Waals surface area contributed by atoms with Gasteiger partial charge in [0.2, 0.25) is 0 Å². The van der Waals surface area contributed by atoms with E-state index in [4.69, 9.17) is 9.84 Å². The van der Waals surface area contributed by atoms with E-state index in [1.807, 2.05) is 0 Å². The van der Waals surface area contributed by atoms with Crippen LogP contribution in [0.5, 0.6) is 0 Å². The minimum absolute atomic E-state index is 0.0648. The van der Waals surface area contributed by atoms with Crippen LogP contribution < -0.4 is 10.6 Å². The number of hydrogen-bond donors (Lipinski definition) is 3. The summed E-state index contributed by atoms with van der Waals surface area (Å²) in [5.74, 6) is 0.778. The highest BCUT2D eigenvalue weighted by atomic mass is 16.5. The van der Waals surface area contributed by atoms with E-state index < -0.39 is 0 Å². The Hall–Kier alpha value is -0.160. The molecule has 0 radical (unpaired) electrons. The summed E-state index contributed by atoms with van der Waals surface area (Å²) < 4.78 is 4.99. The maximum Gasteiger partial charge on any atom is 0.0676 e. The third-order valence-electron chi connectivity index (χ3n) is 2.60. The average molecular weight is 202 g/mol. The molecule has 0 aromatic heterocycles. The zero-order valence-corrected chi connectivity index (χ0v) is 8.96. The molecular formula is C10H22N2O2. The summed E-state index contributed by atoms with van der Waals surface area (Å²) in [6.07, 6.45) is 2.15. The number of methoxy groups -OCH3 is 1. The molecule has 4 nitrogen and oxygen atoms in total. The first kappa shape index (κ1) is 11.9. The molecule has 2 rings (SSSR count). The molecule has 2 fully saturated rings. The molecule has 0 bridgehead atoms. The van der Waals surface area contributed by atoms with Crippen LogP contribution in [-0.4, -0.2) is 51.1 Å². The molecule has 2 saturated heterocycles. The van der Waals surface area contributed by atoms with Crippen LogP contribution in [0, 0.1) is 5.92 Å². The lowest BCUT2D eigenvalue weighted by Gasteiger charge is -2.03. The van der Waals surface area contributed by atoms with Crippen molar-refractivity contribution in [3.63, 3.8) is 0 Å². The Kier molecular flexibility index (Phi) is 6.10. The van der Waals surface area contributed by atoms with Crippen molar-refractivity contribution in [2.75, 3.05) is 39.9 Å². The smallest absolute Gasteiger partial charge is 0.0676 e. The maximum atomic E-state index is 8.67. The lowest BCUT2D eigenvalue weighted by atomic mass is 10.1. The van der Waals surface area contributed by atoms with Gasteiger partial charge in [-0.2, -0.15) is 0 Å². The van der Waals surface area contributed by atoms with Gasteiger partial charge in [0.25, 0.3) is 0 Å². The largest absolute Gasteiger partial charge is 0.392 e. The number of β-amino-alcohol motifs (C(OH)–C–C–N with tert-alkyl or cyclic N) is 1. The van der Waals surface area contributed by atoms with Gasteiger partial charge in [0.05, 0.1) is 12.7 Å². The first-order valence-corrected chi connectivity index (χ1v) is 5.41. The Morgan fingerprint density at radius 1 is 1.21 bits per heavy atom. The van der Waals surface area contributed by atoms with Crippen LogP contribution in [-0.2, 0) is 4.74 Å². The highest BCUT2D eigenvalue weighted by Gasteiger charge is 2.12. The number of hydrogen-bond acceptors (Lipinski definition) is 4. The zero-order valence-electron chi connectivity index (χ0n) is 8.96. The van der Waals surface area contributed by atoms with Gasteiger partial charge in [0, 0.05) is 20.2 Å². The van der Waals surface area contributed by atoms with Gasteiger partial charge in [0.1, 0.15) is 0 Å². The van der Waals surface area contributed by atoms with Crippen LogP contribution >= 0.6 is 0 Å². The lowest BCUT2D eigenvalue weighted by molar-refractivity contribution is 0.160. The molecule has 2 aliphatic heterocycles. The number of ether oxygens (including phenoxy) is 1. The molecule has 0 aliphatic carbocycles. The molecule has 2 unspecified atom stereocenters. The highest BCUT2D eigenvalue weighted by Crippen LogP contribution is 2.05. The second-order valence-corrected chi connectivity index (χ2v) is 3.96. The van der Waals surface area contributed by atoms with E-state index in [0.717, 1.165) is 38.6 Å². The number of aliphatic hydroxyl groups is 1. The third-order valence-corrected chi connectivity index (χ3v) is 2.60. The van der Waals surface area contributed by atoms with Crippen LogP contribution in [0.3, 0.4) is 0 Å². The van der Waals surface area contributed by atoms with Gasteiger partial charge in [-0.05, 0) is 31.8 Å². The van der Waals surface area contributed by atoms with Crippen molar-refractivity contribution in [3.05, 3.63) is 0 Å². The van der Waals surface area contributed by atoms with E-state index in [2.05, 4.69) is 10.6 Å².